The van der Waals surface area contributed by atoms with Crippen molar-refractivity contribution in [3.05, 3.63) is 54.6 Å². The number of carbonyl (C=O) groups excluding carboxylic acids is 1. The van der Waals surface area contributed by atoms with Crippen molar-refractivity contribution < 1.29 is 4.79 Å². The van der Waals surface area contributed by atoms with Crippen molar-refractivity contribution in [2.45, 2.75) is 17.7 Å². The Kier molecular flexibility index (Phi) is 5.06. The lowest BCUT2D eigenvalue weighted by Crippen LogP contribution is -2.39. The molecule has 114 valence electrons. The van der Waals surface area contributed by atoms with E-state index >= 15 is 0 Å². The van der Waals surface area contributed by atoms with E-state index in [0.717, 1.165) is 31.7 Å². The number of piperidine rings is 1. The van der Waals surface area contributed by atoms with Gasteiger partial charge in [-0.25, -0.2) is 4.98 Å². The Balaban J connectivity index is 1.47. The molecule has 22 heavy (non-hydrogen) atoms. The number of hydrogen-bond acceptors (Lipinski definition) is 4. The summed E-state index contributed by atoms with van der Waals surface area (Å²) in [6.07, 6.45) is 6.82. The lowest BCUT2D eigenvalue weighted by atomic mass is 9.99. The minimum atomic E-state index is 0.00209. The topological polar surface area (TPSA) is 46.1 Å². The van der Waals surface area contributed by atoms with Crippen LogP contribution in [0.4, 0.5) is 0 Å². The second-order valence-corrected chi connectivity index (χ2v) is 6.54. The number of nitrogens with zero attached hydrogens (tertiary/aromatic N) is 3. The highest BCUT2D eigenvalue weighted by Crippen LogP contribution is 2.26. The van der Waals surface area contributed by atoms with E-state index in [4.69, 9.17) is 0 Å². The van der Waals surface area contributed by atoms with Crippen LogP contribution in [-0.4, -0.2) is 39.6 Å². The SMILES string of the molecule is O=C(c1cnccn1)N1CCC(CSc2ccccc2)CC1. The molecule has 4 nitrogen and oxygen atoms in total. The molecule has 0 N–H and O–H groups in total. The summed E-state index contributed by atoms with van der Waals surface area (Å²) < 4.78 is 0. The number of likely N-dealkylation sites (tertiary alicyclic amines) is 1. The Hall–Kier alpha value is -1.88. The highest BCUT2D eigenvalue weighted by molar-refractivity contribution is 7.99. The molecule has 1 aliphatic rings. The quantitative estimate of drug-likeness (QED) is 0.814. The second-order valence-electron chi connectivity index (χ2n) is 5.45. The predicted octanol–water partition coefficient (Wildman–Crippen LogP) is 3.12. The lowest BCUT2D eigenvalue weighted by molar-refractivity contribution is 0.0692. The molecular weight excluding hydrogens is 294 g/mol. The first-order valence-electron chi connectivity index (χ1n) is 7.56. The van der Waals surface area contributed by atoms with E-state index in [0.29, 0.717) is 11.6 Å². The van der Waals surface area contributed by atoms with E-state index in [1.165, 1.54) is 4.90 Å². The molecular formula is C17H19N3OS. The molecule has 0 bridgehead atoms. The van der Waals surface area contributed by atoms with E-state index < -0.39 is 0 Å². The number of aromatic nitrogens is 2. The number of thioether (sulfide) groups is 1. The van der Waals surface area contributed by atoms with Crippen LogP contribution in [-0.2, 0) is 0 Å². The van der Waals surface area contributed by atoms with Crippen LogP contribution in [0.25, 0.3) is 0 Å². The Labute approximate surface area is 135 Å². The Bertz CT molecular complexity index is 598. The molecule has 0 radical (unpaired) electrons. The lowest BCUT2D eigenvalue weighted by Gasteiger charge is -2.31. The van der Waals surface area contributed by atoms with Gasteiger partial charge in [0.1, 0.15) is 5.69 Å². The van der Waals surface area contributed by atoms with Gasteiger partial charge in [0, 0.05) is 36.1 Å². The van der Waals surface area contributed by atoms with Gasteiger partial charge in [-0.05, 0) is 30.9 Å². The molecule has 2 aromatic rings. The first-order valence-corrected chi connectivity index (χ1v) is 8.54. The van der Waals surface area contributed by atoms with Crippen LogP contribution in [0, 0.1) is 5.92 Å². The maximum atomic E-state index is 12.3. The summed E-state index contributed by atoms with van der Waals surface area (Å²) in [4.78, 5) is 23.6. The molecule has 1 fully saturated rings. The van der Waals surface area contributed by atoms with Crippen LogP contribution in [0.3, 0.4) is 0 Å². The molecule has 5 heteroatoms. The smallest absolute Gasteiger partial charge is 0.274 e. The summed E-state index contributed by atoms with van der Waals surface area (Å²) >= 11 is 1.91. The van der Waals surface area contributed by atoms with Gasteiger partial charge in [0.2, 0.25) is 0 Å². The normalized spacial score (nSPS) is 15.7. The average Bonchev–Trinajstić information content (AvgIpc) is 2.61. The number of hydrogen-bond donors (Lipinski definition) is 0. The molecule has 1 saturated heterocycles. The number of carbonyl (C=O) groups is 1. The fraction of sp³-hybridized carbons (Fsp3) is 0.353. The molecule has 1 aliphatic heterocycles. The average molecular weight is 313 g/mol. The first kappa shape index (κ1) is 15.0. The molecule has 1 aromatic carbocycles. The zero-order valence-corrected chi connectivity index (χ0v) is 13.2. The predicted molar refractivity (Wildman–Crippen MR) is 87.8 cm³/mol. The molecule has 1 aromatic heterocycles. The molecule has 2 heterocycles. The van der Waals surface area contributed by atoms with E-state index in [1.807, 2.05) is 22.7 Å². The van der Waals surface area contributed by atoms with Crippen molar-refractivity contribution in [2.24, 2.45) is 5.92 Å². The summed E-state index contributed by atoms with van der Waals surface area (Å²) in [6, 6.07) is 10.5. The monoisotopic (exact) mass is 313 g/mol. The van der Waals surface area contributed by atoms with Gasteiger partial charge in [0.25, 0.3) is 5.91 Å². The van der Waals surface area contributed by atoms with Gasteiger partial charge >= 0.3 is 0 Å². The van der Waals surface area contributed by atoms with Gasteiger partial charge in [-0.1, -0.05) is 18.2 Å². The van der Waals surface area contributed by atoms with Gasteiger partial charge in [-0.15, -0.1) is 11.8 Å². The fourth-order valence-electron chi connectivity index (χ4n) is 2.61. The largest absolute Gasteiger partial charge is 0.337 e. The standard InChI is InChI=1S/C17H19N3OS/c21-17(16-12-18-8-9-19-16)20-10-6-14(7-11-20)13-22-15-4-2-1-3-5-15/h1-5,8-9,12,14H,6-7,10-11,13H2. The molecule has 1 amide bonds. The van der Waals surface area contributed by atoms with Gasteiger partial charge in [0.15, 0.2) is 0 Å². The van der Waals surface area contributed by atoms with Gasteiger partial charge in [0.05, 0.1) is 6.20 Å². The highest BCUT2D eigenvalue weighted by atomic mass is 32.2. The van der Waals surface area contributed by atoms with Crippen LogP contribution in [0.15, 0.2) is 53.8 Å². The zero-order chi connectivity index (χ0) is 15.2. The van der Waals surface area contributed by atoms with Crippen LogP contribution in [0.2, 0.25) is 0 Å². The molecule has 0 unspecified atom stereocenters. The van der Waals surface area contributed by atoms with Gasteiger partial charge in [-0.2, -0.15) is 0 Å². The van der Waals surface area contributed by atoms with Crippen molar-refractivity contribution in [3.8, 4) is 0 Å². The first-order chi connectivity index (χ1) is 10.8. The highest BCUT2D eigenvalue weighted by Gasteiger charge is 2.24. The molecule has 3 rings (SSSR count). The van der Waals surface area contributed by atoms with Gasteiger partial charge in [-0.3, -0.25) is 9.78 Å². The van der Waals surface area contributed by atoms with Crippen LogP contribution in [0.1, 0.15) is 23.3 Å². The summed E-state index contributed by atoms with van der Waals surface area (Å²) in [5.74, 6) is 1.80. The number of amides is 1. The third-order valence-electron chi connectivity index (χ3n) is 3.91. The molecule has 0 aliphatic carbocycles. The second kappa shape index (κ2) is 7.40. The molecule has 0 saturated carbocycles. The minimum absolute atomic E-state index is 0.00209. The van der Waals surface area contributed by atoms with E-state index in [2.05, 4.69) is 34.2 Å². The zero-order valence-electron chi connectivity index (χ0n) is 12.4. The Morgan fingerprint density at radius 3 is 2.64 bits per heavy atom. The van der Waals surface area contributed by atoms with E-state index in [1.54, 1.807) is 18.6 Å². The van der Waals surface area contributed by atoms with Crippen LogP contribution in [0.5, 0.6) is 0 Å². The third kappa shape index (κ3) is 3.85. The number of benzene rings is 1. The molecule has 0 spiro atoms. The Morgan fingerprint density at radius 2 is 1.95 bits per heavy atom. The van der Waals surface area contributed by atoms with Crippen molar-refractivity contribution in [3.63, 3.8) is 0 Å². The summed E-state index contributed by atoms with van der Waals surface area (Å²) in [5, 5.41) is 0. The van der Waals surface area contributed by atoms with Crippen molar-refractivity contribution in [2.75, 3.05) is 18.8 Å². The van der Waals surface area contributed by atoms with Crippen molar-refractivity contribution in [1.29, 1.82) is 0 Å². The van der Waals surface area contributed by atoms with Crippen molar-refractivity contribution >= 4 is 17.7 Å². The Morgan fingerprint density at radius 1 is 1.18 bits per heavy atom. The van der Waals surface area contributed by atoms with Gasteiger partial charge < -0.3 is 4.90 Å². The van der Waals surface area contributed by atoms with E-state index in [9.17, 15) is 4.79 Å². The van der Waals surface area contributed by atoms with Crippen LogP contribution >= 0.6 is 11.8 Å². The summed E-state index contributed by atoms with van der Waals surface area (Å²) in [7, 11) is 0. The minimum Gasteiger partial charge on any atom is -0.337 e. The maximum absolute atomic E-state index is 12.3. The van der Waals surface area contributed by atoms with Crippen LogP contribution < -0.4 is 0 Å². The van der Waals surface area contributed by atoms with E-state index in [-0.39, 0.29) is 5.91 Å². The fourth-order valence-corrected chi connectivity index (χ4v) is 3.72. The number of rotatable bonds is 4. The molecule has 0 atom stereocenters. The third-order valence-corrected chi connectivity index (χ3v) is 5.16. The maximum Gasteiger partial charge on any atom is 0.274 e. The van der Waals surface area contributed by atoms with Crippen molar-refractivity contribution in [1.82, 2.24) is 14.9 Å². The summed E-state index contributed by atoms with van der Waals surface area (Å²) in [5.41, 5.74) is 0.444. The summed E-state index contributed by atoms with van der Waals surface area (Å²) in [6.45, 7) is 1.63.